The zero-order valence-electron chi connectivity index (χ0n) is 13.4. The van der Waals surface area contributed by atoms with Gasteiger partial charge in [0.2, 0.25) is 9.84 Å². The molecule has 0 amide bonds. The molecule has 2 aromatic carbocycles. The maximum absolute atomic E-state index is 12.8. The Morgan fingerprint density at radius 1 is 1.12 bits per heavy atom. The first-order chi connectivity index (χ1) is 11.8. The number of hydrogen-bond acceptors (Lipinski definition) is 6. The first-order valence-electron chi connectivity index (χ1n) is 7.41. The molecule has 1 aliphatic rings. The number of carbonyl (C=O) groups is 2. The fourth-order valence-electron chi connectivity index (χ4n) is 2.79. The van der Waals surface area contributed by atoms with Crippen LogP contribution < -0.4 is 0 Å². The molecule has 0 aromatic heterocycles. The number of nitrogens with zero attached hydrogens (tertiary/aromatic N) is 1. The molecule has 3 rings (SSSR count). The molecule has 0 fully saturated rings. The number of hydrogen-bond donors (Lipinski definition) is 0. The van der Waals surface area contributed by atoms with E-state index in [4.69, 9.17) is 10.00 Å². The van der Waals surface area contributed by atoms with Crippen molar-refractivity contribution in [1.29, 1.82) is 5.26 Å². The van der Waals surface area contributed by atoms with Crippen molar-refractivity contribution in [2.45, 2.75) is 29.7 Å². The lowest BCUT2D eigenvalue weighted by atomic mass is 9.98. The number of nitriles is 1. The molecule has 0 bridgehead atoms. The number of rotatable bonds is 2. The van der Waals surface area contributed by atoms with Crippen LogP contribution in [0.4, 0.5) is 0 Å². The van der Waals surface area contributed by atoms with Gasteiger partial charge in [-0.1, -0.05) is 6.07 Å². The van der Waals surface area contributed by atoms with Crippen LogP contribution in [-0.4, -0.2) is 20.2 Å². The molecular formula is C18H13NO5S. The van der Waals surface area contributed by atoms with Crippen molar-refractivity contribution in [2.75, 3.05) is 0 Å². The quantitative estimate of drug-likeness (QED) is 0.655. The first kappa shape index (κ1) is 16.9. The molecule has 0 saturated carbocycles. The molecule has 6 nitrogen and oxygen atoms in total. The Labute approximate surface area is 144 Å². The summed E-state index contributed by atoms with van der Waals surface area (Å²) in [4.78, 5) is 23.6. The van der Waals surface area contributed by atoms with E-state index in [9.17, 15) is 18.0 Å². The first-order valence-corrected chi connectivity index (χ1v) is 8.89. The van der Waals surface area contributed by atoms with Gasteiger partial charge in [0.05, 0.1) is 21.4 Å². The minimum Gasteiger partial charge on any atom is -0.458 e. The standard InChI is InChI=1S/C18H13NO5S/c1-10(24-11(2)20)13-4-6-16-15(8-13)18(21)14-5-3-12(9-19)7-17(14)25(16,22)23/h3-8,10H,1-2H3. The molecule has 0 N–H and O–H groups in total. The van der Waals surface area contributed by atoms with Crippen LogP contribution in [0.5, 0.6) is 0 Å². The predicted molar refractivity (Wildman–Crippen MR) is 86.7 cm³/mol. The van der Waals surface area contributed by atoms with Crippen molar-refractivity contribution in [2.24, 2.45) is 0 Å². The van der Waals surface area contributed by atoms with Crippen molar-refractivity contribution in [3.63, 3.8) is 0 Å². The lowest BCUT2D eigenvalue weighted by molar-refractivity contribution is -0.145. The zero-order chi connectivity index (χ0) is 18.4. The third-order valence-corrected chi connectivity index (χ3v) is 5.85. The van der Waals surface area contributed by atoms with E-state index in [0.717, 1.165) is 0 Å². The summed E-state index contributed by atoms with van der Waals surface area (Å²) in [7, 11) is -3.91. The Morgan fingerprint density at radius 2 is 1.84 bits per heavy atom. The van der Waals surface area contributed by atoms with Gasteiger partial charge in [-0.05, 0) is 42.8 Å². The highest BCUT2D eigenvalue weighted by molar-refractivity contribution is 7.91. The van der Waals surface area contributed by atoms with E-state index in [1.165, 1.54) is 43.3 Å². The van der Waals surface area contributed by atoms with Crippen LogP contribution in [0.1, 0.15) is 47.0 Å². The zero-order valence-corrected chi connectivity index (χ0v) is 14.3. The minimum absolute atomic E-state index is 0.0313. The maximum atomic E-state index is 12.8. The number of carbonyl (C=O) groups excluding carboxylic acids is 2. The predicted octanol–water partition coefficient (Wildman–Crippen LogP) is 2.56. The fraction of sp³-hybridized carbons (Fsp3) is 0.167. The Bertz CT molecular complexity index is 1060. The van der Waals surface area contributed by atoms with Crippen LogP contribution in [0.2, 0.25) is 0 Å². The topological polar surface area (TPSA) is 101 Å². The lowest BCUT2D eigenvalue weighted by Gasteiger charge is -2.21. The summed E-state index contributed by atoms with van der Waals surface area (Å²) < 4.78 is 30.7. The summed E-state index contributed by atoms with van der Waals surface area (Å²) in [5, 5.41) is 8.97. The highest BCUT2D eigenvalue weighted by Gasteiger charge is 2.35. The fourth-order valence-corrected chi connectivity index (χ4v) is 4.45. The van der Waals surface area contributed by atoms with Gasteiger partial charge in [-0.15, -0.1) is 0 Å². The molecule has 0 aliphatic carbocycles. The average molecular weight is 355 g/mol. The molecule has 1 heterocycles. The Morgan fingerprint density at radius 3 is 2.48 bits per heavy atom. The van der Waals surface area contributed by atoms with Crippen molar-refractivity contribution >= 4 is 21.6 Å². The molecular weight excluding hydrogens is 342 g/mol. The number of ketones is 1. The smallest absolute Gasteiger partial charge is 0.303 e. The van der Waals surface area contributed by atoms with Gasteiger partial charge in [0, 0.05) is 18.1 Å². The van der Waals surface area contributed by atoms with Gasteiger partial charge in [0.15, 0.2) is 5.78 Å². The second-order valence-electron chi connectivity index (χ2n) is 5.66. The molecule has 1 atom stereocenters. The number of esters is 1. The van der Waals surface area contributed by atoms with Crippen LogP contribution in [0.3, 0.4) is 0 Å². The van der Waals surface area contributed by atoms with E-state index in [-0.39, 0.29) is 26.5 Å². The average Bonchev–Trinajstić information content (AvgIpc) is 2.58. The maximum Gasteiger partial charge on any atom is 0.303 e. The van der Waals surface area contributed by atoms with Gasteiger partial charge in [-0.3, -0.25) is 9.59 Å². The second kappa shape index (κ2) is 5.83. The normalized spacial score (nSPS) is 15.5. The van der Waals surface area contributed by atoms with Gasteiger partial charge >= 0.3 is 5.97 Å². The van der Waals surface area contributed by atoms with Crippen LogP contribution >= 0.6 is 0 Å². The van der Waals surface area contributed by atoms with E-state index >= 15 is 0 Å². The highest BCUT2D eigenvalue weighted by Crippen LogP contribution is 2.36. The summed E-state index contributed by atoms with van der Waals surface area (Å²) >= 11 is 0. The molecule has 7 heteroatoms. The largest absolute Gasteiger partial charge is 0.458 e. The number of fused-ring (bicyclic) bond motifs is 2. The molecule has 0 saturated heterocycles. The molecule has 0 spiro atoms. The molecule has 0 radical (unpaired) electrons. The van der Waals surface area contributed by atoms with Crippen LogP contribution in [-0.2, 0) is 19.4 Å². The van der Waals surface area contributed by atoms with Gasteiger partial charge in [0.25, 0.3) is 0 Å². The SMILES string of the molecule is CC(=O)OC(C)c1ccc2c(c1)C(=O)c1ccc(C#N)cc1S2(=O)=O. The molecule has 25 heavy (non-hydrogen) atoms. The number of sulfone groups is 1. The second-order valence-corrected chi connectivity index (χ2v) is 7.55. The Kier molecular flexibility index (Phi) is 3.93. The summed E-state index contributed by atoms with van der Waals surface area (Å²) in [5.41, 5.74) is 0.755. The van der Waals surface area contributed by atoms with Crippen molar-refractivity contribution < 1.29 is 22.7 Å². The van der Waals surface area contributed by atoms with Crippen LogP contribution in [0, 0.1) is 11.3 Å². The third kappa shape index (κ3) is 2.71. The van der Waals surface area contributed by atoms with Gasteiger partial charge in [-0.2, -0.15) is 5.26 Å². The van der Waals surface area contributed by atoms with Gasteiger partial charge in [-0.25, -0.2) is 8.42 Å². The van der Waals surface area contributed by atoms with Crippen molar-refractivity contribution in [3.8, 4) is 6.07 Å². The number of benzene rings is 2. The summed E-state index contributed by atoms with van der Waals surface area (Å²) in [5.74, 6) is -0.917. The van der Waals surface area contributed by atoms with E-state index < -0.39 is 27.7 Å². The number of ether oxygens (including phenoxy) is 1. The van der Waals surface area contributed by atoms with Gasteiger partial charge < -0.3 is 4.74 Å². The van der Waals surface area contributed by atoms with E-state index in [1.54, 1.807) is 6.92 Å². The molecule has 126 valence electrons. The summed E-state index contributed by atoms with van der Waals surface area (Å²) in [6, 6.07) is 10.1. The minimum atomic E-state index is -3.91. The lowest BCUT2D eigenvalue weighted by Crippen LogP contribution is -2.21. The molecule has 1 unspecified atom stereocenters. The van der Waals surface area contributed by atoms with E-state index in [1.807, 2.05) is 6.07 Å². The molecule has 2 aromatic rings. The van der Waals surface area contributed by atoms with Gasteiger partial charge in [0.1, 0.15) is 6.10 Å². The third-order valence-electron chi connectivity index (χ3n) is 3.99. The van der Waals surface area contributed by atoms with E-state index in [2.05, 4.69) is 0 Å². The van der Waals surface area contributed by atoms with Crippen molar-refractivity contribution in [3.05, 3.63) is 58.7 Å². The molecule has 1 aliphatic heterocycles. The van der Waals surface area contributed by atoms with Crippen LogP contribution in [0.25, 0.3) is 0 Å². The Hall–Kier alpha value is -2.98. The Balaban J connectivity index is 2.18. The summed E-state index contributed by atoms with van der Waals surface area (Å²) in [6.45, 7) is 2.91. The van der Waals surface area contributed by atoms with E-state index in [0.29, 0.717) is 5.56 Å². The highest BCUT2D eigenvalue weighted by atomic mass is 32.2. The van der Waals surface area contributed by atoms with Crippen molar-refractivity contribution in [1.82, 2.24) is 0 Å². The monoisotopic (exact) mass is 355 g/mol. The van der Waals surface area contributed by atoms with Crippen LogP contribution in [0.15, 0.2) is 46.2 Å². The summed E-state index contributed by atoms with van der Waals surface area (Å²) in [6.07, 6.45) is -0.610.